The van der Waals surface area contributed by atoms with Gasteiger partial charge in [-0.3, -0.25) is 0 Å². The molecule has 0 aromatic heterocycles. The lowest BCUT2D eigenvalue weighted by Crippen LogP contribution is -2.39. The first-order chi connectivity index (χ1) is 11.7. The van der Waals surface area contributed by atoms with E-state index in [-0.39, 0.29) is 6.10 Å². The van der Waals surface area contributed by atoms with Crippen molar-refractivity contribution in [3.8, 4) is 5.75 Å². The Balaban J connectivity index is 1.60. The first kappa shape index (κ1) is 17.0. The monoisotopic (exact) mass is 345 g/mol. The Morgan fingerprint density at radius 3 is 2.83 bits per heavy atom. The highest BCUT2D eigenvalue weighted by Crippen LogP contribution is 2.36. The summed E-state index contributed by atoms with van der Waals surface area (Å²) in [5, 5.41) is 3.33. The van der Waals surface area contributed by atoms with E-state index in [2.05, 4.69) is 5.32 Å². The van der Waals surface area contributed by atoms with Crippen LogP contribution < -0.4 is 21.5 Å². The highest BCUT2D eigenvalue weighted by atomic mass is 32.2. The zero-order valence-electron chi connectivity index (χ0n) is 13.5. The first-order valence-corrected chi connectivity index (χ1v) is 8.91. The van der Waals surface area contributed by atoms with Crippen LogP contribution >= 0.6 is 11.8 Å². The van der Waals surface area contributed by atoms with Crippen molar-refractivity contribution in [3.05, 3.63) is 42.5 Å². The average molecular weight is 345 g/mol. The van der Waals surface area contributed by atoms with Gasteiger partial charge in [-0.05, 0) is 30.3 Å². The van der Waals surface area contributed by atoms with Gasteiger partial charge in [0.2, 0.25) is 0 Å². The van der Waals surface area contributed by atoms with E-state index in [0.717, 1.165) is 41.7 Å². The molecular formula is C18H23N3O2S. The topological polar surface area (TPSA) is 82.5 Å². The van der Waals surface area contributed by atoms with Crippen molar-refractivity contribution >= 4 is 23.1 Å². The second-order valence-corrected chi connectivity index (χ2v) is 6.79. The van der Waals surface area contributed by atoms with Gasteiger partial charge in [0, 0.05) is 24.4 Å². The molecule has 0 spiro atoms. The fourth-order valence-corrected chi connectivity index (χ4v) is 3.45. The minimum Gasteiger partial charge on any atom is -0.492 e. The molecule has 1 aliphatic heterocycles. The van der Waals surface area contributed by atoms with Gasteiger partial charge in [0.05, 0.1) is 35.6 Å². The zero-order valence-corrected chi connectivity index (χ0v) is 14.4. The van der Waals surface area contributed by atoms with E-state index in [4.69, 9.17) is 20.9 Å². The quantitative estimate of drug-likeness (QED) is 0.698. The van der Waals surface area contributed by atoms with Crippen LogP contribution in [0.5, 0.6) is 5.75 Å². The number of hydrogen-bond donors (Lipinski definition) is 3. The molecule has 1 fully saturated rings. The SMILES string of the molecule is Nc1ccc(Sc2ccccc2OCCC2CNCCO2)cc1N. The summed E-state index contributed by atoms with van der Waals surface area (Å²) in [6, 6.07) is 13.7. The van der Waals surface area contributed by atoms with Crippen LogP contribution in [0, 0.1) is 0 Å². The number of anilines is 2. The molecule has 24 heavy (non-hydrogen) atoms. The number of morpholine rings is 1. The molecule has 1 heterocycles. The fraction of sp³-hybridized carbons (Fsp3) is 0.333. The van der Waals surface area contributed by atoms with E-state index in [1.807, 2.05) is 42.5 Å². The molecule has 1 atom stereocenters. The lowest BCUT2D eigenvalue weighted by molar-refractivity contribution is 0.0157. The van der Waals surface area contributed by atoms with Crippen LogP contribution in [-0.4, -0.2) is 32.4 Å². The van der Waals surface area contributed by atoms with E-state index in [9.17, 15) is 0 Å². The van der Waals surface area contributed by atoms with Crippen molar-refractivity contribution in [1.82, 2.24) is 5.32 Å². The maximum atomic E-state index is 5.98. The Morgan fingerprint density at radius 1 is 1.17 bits per heavy atom. The Hall–Kier alpha value is -1.89. The summed E-state index contributed by atoms with van der Waals surface area (Å²) in [6.07, 6.45) is 1.11. The van der Waals surface area contributed by atoms with E-state index < -0.39 is 0 Å². The number of nitrogens with two attached hydrogens (primary N) is 2. The normalized spacial score (nSPS) is 17.6. The number of para-hydroxylation sites is 1. The summed E-state index contributed by atoms with van der Waals surface area (Å²) in [5.41, 5.74) is 12.9. The van der Waals surface area contributed by atoms with Crippen molar-refractivity contribution in [2.24, 2.45) is 0 Å². The average Bonchev–Trinajstić information content (AvgIpc) is 2.61. The standard InChI is InChI=1S/C18H23N3O2S/c19-15-6-5-14(11-16(15)20)24-18-4-2-1-3-17(18)23-9-7-13-12-21-8-10-22-13/h1-6,11,13,21H,7-10,12,19-20H2. The molecule has 2 aromatic carbocycles. The number of nitrogens with one attached hydrogen (secondary N) is 1. The van der Waals surface area contributed by atoms with Gasteiger partial charge in [-0.15, -0.1) is 0 Å². The second kappa shape index (κ2) is 8.28. The molecule has 6 heteroatoms. The molecule has 0 saturated carbocycles. The maximum Gasteiger partial charge on any atom is 0.133 e. The van der Waals surface area contributed by atoms with Gasteiger partial charge >= 0.3 is 0 Å². The Labute approximate surface area is 146 Å². The fourth-order valence-electron chi connectivity index (χ4n) is 2.50. The summed E-state index contributed by atoms with van der Waals surface area (Å²) in [4.78, 5) is 2.10. The summed E-state index contributed by atoms with van der Waals surface area (Å²) in [7, 11) is 0. The molecule has 5 N–H and O–H groups in total. The van der Waals surface area contributed by atoms with Gasteiger partial charge in [0.15, 0.2) is 0 Å². The van der Waals surface area contributed by atoms with E-state index in [1.54, 1.807) is 11.8 Å². The van der Waals surface area contributed by atoms with E-state index in [0.29, 0.717) is 18.0 Å². The minimum absolute atomic E-state index is 0.232. The molecule has 0 radical (unpaired) electrons. The summed E-state index contributed by atoms with van der Waals surface area (Å²) >= 11 is 1.62. The summed E-state index contributed by atoms with van der Waals surface area (Å²) in [6.45, 7) is 3.23. The van der Waals surface area contributed by atoms with Gasteiger partial charge < -0.3 is 26.3 Å². The molecule has 0 bridgehead atoms. The number of nitrogen functional groups attached to an aromatic ring is 2. The molecule has 1 saturated heterocycles. The Bertz CT molecular complexity index is 675. The third-order valence-electron chi connectivity index (χ3n) is 3.84. The molecule has 0 aliphatic carbocycles. The van der Waals surface area contributed by atoms with Gasteiger partial charge in [-0.25, -0.2) is 0 Å². The molecule has 0 amide bonds. The molecule has 3 rings (SSSR count). The van der Waals surface area contributed by atoms with Crippen LogP contribution in [0.4, 0.5) is 11.4 Å². The van der Waals surface area contributed by atoms with Gasteiger partial charge in [0.1, 0.15) is 5.75 Å². The number of hydrogen-bond acceptors (Lipinski definition) is 6. The van der Waals surface area contributed by atoms with Crippen LogP contribution in [0.25, 0.3) is 0 Å². The first-order valence-electron chi connectivity index (χ1n) is 8.09. The predicted octanol–water partition coefficient (Wildman–Crippen LogP) is 2.76. The Kier molecular flexibility index (Phi) is 5.85. The van der Waals surface area contributed by atoms with Crippen LogP contribution in [0.15, 0.2) is 52.3 Å². The van der Waals surface area contributed by atoms with E-state index >= 15 is 0 Å². The van der Waals surface area contributed by atoms with Gasteiger partial charge in [0.25, 0.3) is 0 Å². The van der Waals surface area contributed by atoms with Crippen LogP contribution in [0.2, 0.25) is 0 Å². The Morgan fingerprint density at radius 2 is 2.04 bits per heavy atom. The molecule has 1 aliphatic rings. The van der Waals surface area contributed by atoms with Crippen molar-refractivity contribution in [3.63, 3.8) is 0 Å². The highest BCUT2D eigenvalue weighted by Gasteiger charge is 2.13. The van der Waals surface area contributed by atoms with Crippen molar-refractivity contribution in [2.75, 3.05) is 37.8 Å². The lowest BCUT2D eigenvalue weighted by Gasteiger charge is -2.23. The van der Waals surface area contributed by atoms with Gasteiger partial charge in [-0.2, -0.15) is 0 Å². The van der Waals surface area contributed by atoms with E-state index in [1.165, 1.54) is 0 Å². The third kappa shape index (κ3) is 4.56. The van der Waals surface area contributed by atoms with Crippen LogP contribution in [0.3, 0.4) is 0 Å². The lowest BCUT2D eigenvalue weighted by atomic mass is 10.2. The third-order valence-corrected chi connectivity index (χ3v) is 4.88. The van der Waals surface area contributed by atoms with Crippen molar-refractivity contribution in [2.45, 2.75) is 22.3 Å². The van der Waals surface area contributed by atoms with Gasteiger partial charge in [-0.1, -0.05) is 23.9 Å². The number of benzene rings is 2. The van der Waals surface area contributed by atoms with Crippen LogP contribution in [-0.2, 0) is 4.74 Å². The highest BCUT2D eigenvalue weighted by molar-refractivity contribution is 7.99. The molecular weight excluding hydrogens is 322 g/mol. The predicted molar refractivity (Wildman–Crippen MR) is 98.6 cm³/mol. The van der Waals surface area contributed by atoms with Crippen molar-refractivity contribution in [1.29, 1.82) is 0 Å². The molecule has 1 unspecified atom stereocenters. The number of ether oxygens (including phenoxy) is 2. The zero-order chi connectivity index (χ0) is 16.8. The largest absolute Gasteiger partial charge is 0.492 e. The summed E-state index contributed by atoms with van der Waals surface area (Å²) in [5.74, 6) is 0.877. The molecule has 2 aromatic rings. The second-order valence-electron chi connectivity index (χ2n) is 5.67. The van der Waals surface area contributed by atoms with Crippen LogP contribution in [0.1, 0.15) is 6.42 Å². The summed E-state index contributed by atoms with van der Waals surface area (Å²) < 4.78 is 11.7. The van der Waals surface area contributed by atoms with Crippen molar-refractivity contribution < 1.29 is 9.47 Å². The molecule has 5 nitrogen and oxygen atoms in total. The minimum atomic E-state index is 0.232. The smallest absolute Gasteiger partial charge is 0.133 e. The molecule has 128 valence electrons. The maximum absolute atomic E-state index is 5.98. The number of rotatable bonds is 6.